The summed E-state index contributed by atoms with van der Waals surface area (Å²) in [6.07, 6.45) is 3.41. The highest BCUT2D eigenvalue weighted by molar-refractivity contribution is 14.0. The molecular weight excluding hydrogens is 367 g/mol. The lowest BCUT2D eigenvalue weighted by Crippen LogP contribution is -2.41. The smallest absolute Gasteiger partial charge is 0.191 e. The second-order valence-corrected chi connectivity index (χ2v) is 4.69. The average Bonchev–Trinajstić information content (AvgIpc) is 2.39. The molecule has 0 amide bonds. The summed E-state index contributed by atoms with van der Waals surface area (Å²) in [5.41, 5.74) is 0. The molecule has 0 aliphatic rings. The molecule has 0 saturated heterocycles. The van der Waals surface area contributed by atoms with E-state index in [1.165, 1.54) is 6.42 Å². The highest BCUT2D eigenvalue weighted by Gasteiger charge is 2.00. The summed E-state index contributed by atoms with van der Waals surface area (Å²) < 4.78 is 5.05. The molecule has 5 nitrogen and oxygen atoms in total. The Labute approximate surface area is 141 Å². The van der Waals surface area contributed by atoms with Gasteiger partial charge in [-0.05, 0) is 26.8 Å². The van der Waals surface area contributed by atoms with E-state index in [9.17, 15) is 0 Å². The fraction of sp³-hybridized carbons (Fsp3) is 0.929. The Morgan fingerprint density at radius 3 is 2.50 bits per heavy atom. The van der Waals surface area contributed by atoms with Crippen molar-refractivity contribution in [1.82, 2.24) is 15.5 Å². The number of methoxy groups -OCH3 is 1. The van der Waals surface area contributed by atoms with Crippen molar-refractivity contribution in [3.63, 3.8) is 0 Å². The number of hydrogen-bond donors (Lipinski definition) is 2. The number of likely N-dealkylation sites (N-methyl/N-ethyl adjacent to an activating group) is 1. The fourth-order valence-electron chi connectivity index (χ4n) is 1.65. The first kappa shape index (κ1) is 22.2. The molecule has 0 fully saturated rings. The second-order valence-electron chi connectivity index (χ2n) is 4.69. The first-order chi connectivity index (χ1) is 9.24. The van der Waals surface area contributed by atoms with Gasteiger partial charge in [-0.3, -0.25) is 4.99 Å². The molecule has 0 aromatic heterocycles. The zero-order valence-electron chi connectivity index (χ0n) is 13.6. The summed E-state index contributed by atoms with van der Waals surface area (Å²) in [6, 6.07) is 0. The van der Waals surface area contributed by atoms with Gasteiger partial charge in [-0.1, -0.05) is 13.3 Å². The van der Waals surface area contributed by atoms with Gasteiger partial charge in [0.25, 0.3) is 0 Å². The molecule has 122 valence electrons. The van der Waals surface area contributed by atoms with Gasteiger partial charge in [-0.15, -0.1) is 24.0 Å². The minimum Gasteiger partial charge on any atom is -0.385 e. The molecule has 0 radical (unpaired) electrons. The Morgan fingerprint density at radius 2 is 1.90 bits per heavy atom. The van der Waals surface area contributed by atoms with Gasteiger partial charge >= 0.3 is 0 Å². The SMILES string of the molecule is CCCCN=C(NCC)NCCN(C)CCCOC.I. The predicted octanol–water partition coefficient (Wildman–Crippen LogP) is 1.93. The zero-order valence-corrected chi connectivity index (χ0v) is 15.9. The Hall–Kier alpha value is -0.0800. The summed E-state index contributed by atoms with van der Waals surface area (Å²) in [7, 11) is 3.88. The Balaban J connectivity index is 0. The summed E-state index contributed by atoms with van der Waals surface area (Å²) in [6.45, 7) is 9.91. The summed E-state index contributed by atoms with van der Waals surface area (Å²) >= 11 is 0. The predicted molar refractivity (Wildman–Crippen MR) is 98.3 cm³/mol. The number of aliphatic imine (C=N–C) groups is 1. The molecule has 0 atom stereocenters. The highest BCUT2D eigenvalue weighted by Crippen LogP contribution is 1.88. The van der Waals surface area contributed by atoms with E-state index in [0.717, 1.165) is 58.1 Å². The van der Waals surface area contributed by atoms with Crippen molar-refractivity contribution >= 4 is 29.9 Å². The molecule has 0 rings (SSSR count). The third kappa shape index (κ3) is 14.3. The first-order valence-corrected chi connectivity index (χ1v) is 7.44. The molecule has 6 heteroatoms. The lowest BCUT2D eigenvalue weighted by atomic mass is 10.3. The zero-order chi connectivity index (χ0) is 14.3. The molecule has 0 aliphatic heterocycles. The number of hydrogen-bond acceptors (Lipinski definition) is 3. The van der Waals surface area contributed by atoms with Gasteiger partial charge in [-0.2, -0.15) is 0 Å². The van der Waals surface area contributed by atoms with Crippen molar-refractivity contribution in [2.24, 2.45) is 4.99 Å². The molecule has 0 bridgehead atoms. The van der Waals surface area contributed by atoms with E-state index in [-0.39, 0.29) is 24.0 Å². The average molecular weight is 400 g/mol. The molecule has 0 heterocycles. The van der Waals surface area contributed by atoms with Crippen LogP contribution >= 0.6 is 24.0 Å². The molecule has 0 spiro atoms. The fourth-order valence-corrected chi connectivity index (χ4v) is 1.65. The number of nitrogens with zero attached hydrogens (tertiary/aromatic N) is 2. The normalized spacial score (nSPS) is 11.3. The maximum absolute atomic E-state index is 5.05. The van der Waals surface area contributed by atoms with Crippen LogP contribution in [0.25, 0.3) is 0 Å². The number of nitrogens with one attached hydrogen (secondary N) is 2. The molecule has 0 aromatic carbocycles. The van der Waals surface area contributed by atoms with Crippen LogP contribution in [0.5, 0.6) is 0 Å². The van der Waals surface area contributed by atoms with E-state index < -0.39 is 0 Å². The molecule has 0 aromatic rings. The minimum absolute atomic E-state index is 0. The topological polar surface area (TPSA) is 48.9 Å². The van der Waals surface area contributed by atoms with Gasteiger partial charge in [0.2, 0.25) is 0 Å². The van der Waals surface area contributed by atoms with Crippen LogP contribution in [0.4, 0.5) is 0 Å². The van der Waals surface area contributed by atoms with E-state index in [1.807, 2.05) is 0 Å². The van der Waals surface area contributed by atoms with Crippen LogP contribution in [-0.4, -0.2) is 64.3 Å². The van der Waals surface area contributed by atoms with Crippen molar-refractivity contribution < 1.29 is 4.74 Å². The lowest BCUT2D eigenvalue weighted by Gasteiger charge is -2.18. The van der Waals surface area contributed by atoms with E-state index in [4.69, 9.17) is 4.74 Å². The largest absolute Gasteiger partial charge is 0.385 e. The van der Waals surface area contributed by atoms with Gasteiger partial charge in [-0.25, -0.2) is 0 Å². The van der Waals surface area contributed by atoms with Crippen LogP contribution in [0.3, 0.4) is 0 Å². The van der Waals surface area contributed by atoms with Crippen molar-refractivity contribution in [2.45, 2.75) is 33.1 Å². The van der Waals surface area contributed by atoms with Gasteiger partial charge in [0.05, 0.1) is 0 Å². The third-order valence-electron chi connectivity index (χ3n) is 2.80. The molecule has 0 aliphatic carbocycles. The van der Waals surface area contributed by atoms with E-state index in [0.29, 0.717) is 0 Å². The van der Waals surface area contributed by atoms with Crippen LogP contribution in [0.1, 0.15) is 33.1 Å². The van der Waals surface area contributed by atoms with Crippen LogP contribution in [0.2, 0.25) is 0 Å². The summed E-state index contributed by atoms with van der Waals surface area (Å²) in [4.78, 5) is 6.84. The van der Waals surface area contributed by atoms with Crippen molar-refractivity contribution in [3.05, 3.63) is 0 Å². The van der Waals surface area contributed by atoms with Crippen molar-refractivity contribution in [2.75, 3.05) is 53.5 Å². The standard InChI is InChI=1S/C14H32N4O.HI/c1-5-7-9-16-14(15-6-2)17-10-12-18(3)11-8-13-19-4;/h5-13H2,1-4H3,(H2,15,16,17);1H. The van der Waals surface area contributed by atoms with Gasteiger partial charge in [0.1, 0.15) is 0 Å². The first-order valence-electron chi connectivity index (χ1n) is 7.44. The maximum atomic E-state index is 5.05. The Kier molecular flexibility index (Phi) is 18.8. The van der Waals surface area contributed by atoms with Crippen LogP contribution in [0, 0.1) is 0 Å². The number of ether oxygens (including phenoxy) is 1. The molecule has 2 N–H and O–H groups in total. The van der Waals surface area contributed by atoms with E-state index in [1.54, 1.807) is 7.11 Å². The Bertz CT molecular complexity index is 227. The summed E-state index contributed by atoms with van der Waals surface area (Å²) in [5.74, 6) is 0.932. The van der Waals surface area contributed by atoms with E-state index in [2.05, 4.69) is 41.4 Å². The molecule has 20 heavy (non-hydrogen) atoms. The molecule has 0 saturated carbocycles. The highest BCUT2D eigenvalue weighted by atomic mass is 127. The van der Waals surface area contributed by atoms with Crippen LogP contribution in [0.15, 0.2) is 4.99 Å². The number of rotatable bonds is 11. The lowest BCUT2D eigenvalue weighted by molar-refractivity contribution is 0.180. The van der Waals surface area contributed by atoms with E-state index >= 15 is 0 Å². The van der Waals surface area contributed by atoms with Gasteiger partial charge in [0.15, 0.2) is 5.96 Å². The third-order valence-corrected chi connectivity index (χ3v) is 2.80. The van der Waals surface area contributed by atoms with Crippen LogP contribution in [-0.2, 0) is 4.74 Å². The van der Waals surface area contributed by atoms with Gasteiger partial charge < -0.3 is 20.3 Å². The van der Waals surface area contributed by atoms with Gasteiger partial charge in [0, 0.05) is 46.4 Å². The Morgan fingerprint density at radius 1 is 1.15 bits per heavy atom. The summed E-state index contributed by atoms with van der Waals surface area (Å²) in [5, 5.41) is 6.63. The molecular formula is C14H33IN4O. The van der Waals surface area contributed by atoms with Crippen molar-refractivity contribution in [3.8, 4) is 0 Å². The monoisotopic (exact) mass is 400 g/mol. The number of guanidine groups is 1. The number of unbranched alkanes of at least 4 members (excludes halogenated alkanes) is 1. The maximum Gasteiger partial charge on any atom is 0.191 e. The minimum atomic E-state index is 0. The van der Waals surface area contributed by atoms with Crippen molar-refractivity contribution in [1.29, 1.82) is 0 Å². The second kappa shape index (κ2) is 17.0. The van der Waals surface area contributed by atoms with Crippen LogP contribution < -0.4 is 10.6 Å². The molecule has 0 unspecified atom stereocenters. The number of halogens is 1. The quantitative estimate of drug-likeness (QED) is 0.241.